The van der Waals surface area contributed by atoms with Crippen LogP contribution in [-0.4, -0.2) is 49.6 Å². The molecule has 1 aromatic heterocycles. The largest absolute Gasteiger partial charge is 0.497 e. The number of fused-ring (bicyclic) bond motifs is 1. The van der Waals surface area contributed by atoms with Crippen LogP contribution >= 0.6 is 12.2 Å². The van der Waals surface area contributed by atoms with E-state index in [9.17, 15) is 0 Å². The topological polar surface area (TPSA) is 57.1 Å². The number of hydrogen-bond donors (Lipinski definition) is 1. The second-order valence-electron chi connectivity index (χ2n) is 7.33. The number of nitrogens with one attached hydrogen (secondary N) is 1. The molecule has 1 atom stereocenters. The van der Waals surface area contributed by atoms with Crippen LogP contribution in [0.2, 0.25) is 0 Å². The van der Waals surface area contributed by atoms with E-state index in [1.807, 2.05) is 36.4 Å². The van der Waals surface area contributed by atoms with Crippen LogP contribution in [0.5, 0.6) is 23.0 Å². The van der Waals surface area contributed by atoms with Crippen LogP contribution < -0.4 is 24.3 Å². The number of methoxy groups -OCH3 is 4. The minimum absolute atomic E-state index is 0.152. The molecule has 0 radical (unpaired) electrons. The number of thiocarbonyl (C=S) groups is 1. The predicted molar refractivity (Wildman–Crippen MR) is 128 cm³/mol. The first-order chi connectivity index (χ1) is 15.6. The maximum absolute atomic E-state index is 5.90. The fourth-order valence-corrected chi connectivity index (χ4v) is 4.39. The number of ether oxygens (including phenoxy) is 4. The lowest BCUT2D eigenvalue weighted by Crippen LogP contribution is -2.44. The molecular formula is C24H27N3O4S. The van der Waals surface area contributed by atoms with Crippen LogP contribution in [0.15, 0.2) is 54.7 Å². The SMILES string of the molecule is COc1ccc(OC)c(NC(=S)N2CCn3cccc3C2c2cc(OC)ccc2OC)c1. The molecule has 2 heterocycles. The Morgan fingerprint density at radius 1 is 0.875 bits per heavy atom. The molecule has 0 fully saturated rings. The van der Waals surface area contributed by atoms with E-state index in [0.29, 0.717) is 10.9 Å². The van der Waals surface area contributed by atoms with Crippen molar-refractivity contribution in [2.75, 3.05) is 40.3 Å². The number of rotatable bonds is 6. The van der Waals surface area contributed by atoms with Crippen molar-refractivity contribution in [3.8, 4) is 23.0 Å². The number of hydrogen-bond acceptors (Lipinski definition) is 5. The van der Waals surface area contributed by atoms with Gasteiger partial charge in [0.1, 0.15) is 29.0 Å². The van der Waals surface area contributed by atoms with Gasteiger partial charge < -0.3 is 33.7 Å². The van der Waals surface area contributed by atoms with E-state index in [2.05, 4.69) is 33.1 Å². The minimum atomic E-state index is -0.152. The van der Waals surface area contributed by atoms with E-state index in [0.717, 1.165) is 47.3 Å². The highest BCUT2D eigenvalue weighted by molar-refractivity contribution is 7.80. The molecule has 168 valence electrons. The van der Waals surface area contributed by atoms with Crippen LogP contribution in [0.4, 0.5) is 5.69 Å². The van der Waals surface area contributed by atoms with Gasteiger partial charge >= 0.3 is 0 Å². The Kier molecular flexibility index (Phi) is 6.41. The maximum Gasteiger partial charge on any atom is 0.174 e. The van der Waals surface area contributed by atoms with Crippen molar-refractivity contribution in [1.82, 2.24) is 9.47 Å². The molecule has 3 aromatic rings. The summed E-state index contributed by atoms with van der Waals surface area (Å²) >= 11 is 5.90. The third kappa shape index (κ3) is 4.05. The molecule has 0 bridgehead atoms. The van der Waals surface area contributed by atoms with Gasteiger partial charge in [0.25, 0.3) is 0 Å². The molecule has 32 heavy (non-hydrogen) atoms. The average Bonchev–Trinajstić information content (AvgIpc) is 3.31. The Morgan fingerprint density at radius 2 is 1.56 bits per heavy atom. The number of aromatic nitrogens is 1. The van der Waals surface area contributed by atoms with Crippen molar-refractivity contribution in [3.05, 3.63) is 66.0 Å². The summed E-state index contributed by atoms with van der Waals surface area (Å²) in [5.74, 6) is 2.94. The standard InChI is InChI=1S/C24H27N3O4S/c1-28-16-7-9-21(30-3)18(14-16)23-20-6-5-11-26(20)12-13-27(23)24(32)25-19-15-17(29-2)8-10-22(19)31-4/h5-11,14-15,23H,12-13H2,1-4H3,(H,25,32). The smallest absolute Gasteiger partial charge is 0.174 e. The second kappa shape index (κ2) is 9.40. The highest BCUT2D eigenvalue weighted by atomic mass is 32.1. The van der Waals surface area contributed by atoms with Crippen molar-refractivity contribution < 1.29 is 18.9 Å². The Bertz CT molecular complexity index is 1110. The van der Waals surface area contributed by atoms with Crippen molar-refractivity contribution in [1.29, 1.82) is 0 Å². The third-order valence-electron chi connectivity index (χ3n) is 5.68. The molecule has 7 nitrogen and oxygen atoms in total. The zero-order valence-electron chi connectivity index (χ0n) is 18.6. The Balaban J connectivity index is 1.74. The Morgan fingerprint density at radius 3 is 2.25 bits per heavy atom. The molecule has 0 saturated heterocycles. The Labute approximate surface area is 193 Å². The third-order valence-corrected chi connectivity index (χ3v) is 6.02. The summed E-state index contributed by atoms with van der Waals surface area (Å²) in [5.41, 5.74) is 2.85. The normalized spacial score (nSPS) is 15.0. The highest BCUT2D eigenvalue weighted by Gasteiger charge is 2.33. The number of nitrogens with zero attached hydrogens (tertiary/aromatic N) is 2. The molecule has 1 aliphatic rings. The van der Waals surface area contributed by atoms with Gasteiger partial charge in [-0.05, 0) is 54.7 Å². The molecule has 1 unspecified atom stereocenters. The van der Waals surface area contributed by atoms with E-state index in [1.54, 1.807) is 28.4 Å². The van der Waals surface area contributed by atoms with Crippen molar-refractivity contribution in [3.63, 3.8) is 0 Å². The maximum atomic E-state index is 5.90. The van der Waals surface area contributed by atoms with E-state index in [4.69, 9.17) is 31.2 Å². The van der Waals surface area contributed by atoms with Crippen molar-refractivity contribution in [2.24, 2.45) is 0 Å². The van der Waals surface area contributed by atoms with Crippen LogP contribution in [0, 0.1) is 0 Å². The molecule has 0 amide bonds. The van der Waals surface area contributed by atoms with Gasteiger partial charge in [0.15, 0.2) is 5.11 Å². The van der Waals surface area contributed by atoms with Crippen molar-refractivity contribution in [2.45, 2.75) is 12.6 Å². The van der Waals surface area contributed by atoms with E-state index < -0.39 is 0 Å². The summed E-state index contributed by atoms with van der Waals surface area (Å²) in [6.07, 6.45) is 2.09. The molecule has 0 aliphatic carbocycles. The molecule has 1 aliphatic heterocycles. The lowest BCUT2D eigenvalue weighted by Gasteiger charge is -2.39. The summed E-state index contributed by atoms with van der Waals surface area (Å²) in [5, 5.41) is 3.95. The molecule has 1 N–H and O–H groups in total. The van der Waals surface area contributed by atoms with Crippen molar-refractivity contribution >= 4 is 23.0 Å². The Hall–Kier alpha value is -3.39. The molecule has 0 spiro atoms. The summed E-state index contributed by atoms with van der Waals surface area (Å²) in [4.78, 5) is 2.17. The van der Waals surface area contributed by atoms with Crippen LogP contribution in [0.3, 0.4) is 0 Å². The molecule has 8 heteroatoms. The van der Waals surface area contributed by atoms with E-state index in [-0.39, 0.29) is 6.04 Å². The fraction of sp³-hybridized carbons (Fsp3) is 0.292. The van der Waals surface area contributed by atoms with Gasteiger partial charge in [-0.1, -0.05) is 0 Å². The first-order valence-electron chi connectivity index (χ1n) is 10.3. The van der Waals surface area contributed by atoms with Gasteiger partial charge in [-0.2, -0.15) is 0 Å². The number of benzene rings is 2. The predicted octanol–water partition coefficient (Wildman–Crippen LogP) is 4.32. The summed E-state index contributed by atoms with van der Waals surface area (Å²) < 4.78 is 24.4. The van der Waals surface area contributed by atoms with Gasteiger partial charge in [0.05, 0.1) is 34.1 Å². The van der Waals surface area contributed by atoms with Gasteiger partial charge in [0, 0.05) is 36.6 Å². The van der Waals surface area contributed by atoms with E-state index >= 15 is 0 Å². The minimum Gasteiger partial charge on any atom is -0.497 e. The quantitative estimate of drug-likeness (QED) is 0.558. The highest BCUT2D eigenvalue weighted by Crippen LogP contribution is 2.40. The van der Waals surface area contributed by atoms with Crippen LogP contribution in [-0.2, 0) is 6.54 Å². The fourth-order valence-electron chi connectivity index (χ4n) is 4.08. The van der Waals surface area contributed by atoms with E-state index in [1.165, 1.54) is 0 Å². The van der Waals surface area contributed by atoms with Crippen LogP contribution in [0.1, 0.15) is 17.3 Å². The van der Waals surface area contributed by atoms with Gasteiger partial charge in [-0.3, -0.25) is 0 Å². The van der Waals surface area contributed by atoms with Gasteiger partial charge in [-0.15, -0.1) is 0 Å². The second-order valence-corrected chi connectivity index (χ2v) is 7.71. The van der Waals surface area contributed by atoms with Gasteiger partial charge in [0.2, 0.25) is 0 Å². The first-order valence-corrected chi connectivity index (χ1v) is 10.7. The molecular weight excluding hydrogens is 426 g/mol. The monoisotopic (exact) mass is 453 g/mol. The summed E-state index contributed by atoms with van der Waals surface area (Å²) in [7, 11) is 6.60. The first kappa shape index (κ1) is 21.8. The number of anilines is 1. The zero-order chi connectivity index (χ0) is 22.7. The molecule has 0 saturated carbocycles. The molecule has 4 rings (SSSR count). The molecule has 2 aromatic carbocycles. The summed E-state index contributed by atoms with van der Waals surface area (Å²) in [6, 6.07) is 15.4. The zero-order valence-corrected chi connectivity index (χ0v) is 19.4. The summed E-state index contributed by atoms with van der Waals surface area (Å²) in [6.45, 7) is 1.55. The average molecular weight is 454 g/mol. The van der Waals surface area contributed by atoms with Crippen LogP contribution in [0.25, 0.3) is 0 Å². The lowest BCUT2D eigenvalue weighted by atomic mass is 9.99. The van der Waals surface area contributed by atoms with Gasteiger partial charge in [-0.25, -0.2) is 0 Å². The lowest BCUT2D eigenvalue weighted by molar-refractivity contribution is 0.284.